The van der Waals surface area contributed by atoms with E-state index in [-0.39, 0.29) is 17.7 Å². The summed E-state index contributed by atoms with van der Waals surface area (Å²) < 4.78 is 1.79. The zero-order chi connectivity index (χ0) is 16.6. The standard InChI is InChI=1S/C16H25N3O3/c1-9-6-13(16(21)22)8-19(7-9)15(20)10(2)14-11(3)17-18(5)12(14)4/h9-10,13H,6-8H2,1-5H3,(H,21,22). The van der Waals surface area contributed by atoms with E-state index in [1.165, 1.54) is 0 Å². The first kappa shape index (κ1) is 16.5. The van der Waals surface area contributed by atoms with Crippen molar-refractivity contribution in [3.63, 3.8) is 0 Å². The molecule has 0 radical (unpaired) electrons. The Hall–Kier alpha value is -1.85. The maximum absolute atomic E-state index is 12.8. The van der Waals surface area contributed by atoms with Gasteiger partial charge in [-0.3, -0.25) is 14.3 Å². The number of piperidine rings is 1. The van der Waals surface area contributed by atoms with E-state index in [0.717, 1.165) is 17.0 Å². The molecule has 22 heavy (non-hydrogen) atoms. The molecular formula is C16H25N3O3. The Morgan fingerprint density at radius 2 is 1.95 bits per heavy atom. The molecule has 1 amide bonds. The molecule has 0 aliphatic carbocycles. The molecule has 3 atom stereocenters. The number of carboxylic acid groups (broad SMARTS) is 1. The zero-order valence-electron chi connectivity index (χ0n) is 14.0. The summed E-state index contributed by atoms with van der Waals surface area (Å²) in [6.07, 6.45) is 0.637. The highest BCUT2D eigenvalue weighted by Gasteiger charge is 2.34. The fourth-order valence-corrected chi connectivity index (χ4v) is 3.52. The second-order valence-electron chi connectivity index (χ2n) is 6.55. The SMILES string of the molecule is Cc1nn(C)c(C)c1C(C)C(=O)N1CC(C)CC(C(=O)O)C1. The molecule has 1 fully saturated rings. The lowest BCUT2D eigenvalue weighted by molar-refractivity contribution is -0.147. The minimum atomic E-state index is -0.814. The molecule has 1 aromatic rings. The van der Waals surface area contributed by atoms with Crippen LogP contribution in [0.25, 0.3) is 0 Å². The van der Waals surface area contributed by atoms with Crippen molar-refractivity contribution in [3.05, 3.63) is 17.0 Å². The van der Waals surface area contributed by atoms with E-state index in [1.807, 2.05) is 34.7 Å². The van der Waals surface area contributed by atoms with Crippen molar-refractivity contribution >= 4 is 11.9 Å². The highest BCUT2D eigenvalue weighted by atomic mass is 16.4. The number of aromatic nitrogens is 2. The third-order valence-electron chi connectivity index (χ3n) is 4.69. The molecule has 1 aliphatic rings. The van der Waals surface area contributed by atoms with Gasteiger partial charge in [-0.05, 0) is 33.1 Å². The van der Waals surface area contributed by atoms with Gasteiger partial charge in [-0.25, -0.2) is 0 Å². The summed E-state index contributed by atoms with van der Waals surface area (Å²) in [7, 11) is 1.87. The largest absolute Gasteiger partial charge is 0.481 e. The smallest absolute Gasteiger partial charge is 0.308 e. The summed E-state index contributed by atoms with van der Waals surface area (Å²) in [5, 5.41) is 13.6. The number of aryl methyl sites for hydroxylation is 2. The van der Waals surface area contributed by atoms with Gasteiger partial charge >= 0.3 is 5.97 Å². The molecule has 2 heterocycles. The Bertz CT molecular complexity index is 594. The lowest BCUT2D eigenvalue weighted by atomic mass is 9.88. The van der Waals surface area contributed by atoms with Crippen LogP contribution in [-0.4, -0.2) is 44.8 Å². The van der Waals surface area contributed by atoms with E-state index in [4.69, 9.17) is 0 Å². The molecule has 0 spiro atoms. The Labute approximate surface area is 131 Å². The number of amides is 1. The summed E-state index contributed by atoms with van der Waals surface area (Å²) in [6.45, 7) is 8.69. The topological polar surface area (TPSA) is 75.4 Å². The van der Waals surface area contributed by atoms with Crippen LogP contribution in [0.15, 0.2) is 0 Å². The van der Waals surface area contributed by atoms with Crippen LogP contribution in [-0.2, 0) is 16.6 Å². The number of rotatable bonds is 3. The van der Waals surface area contributed by atoms with E-state index >= 15 is 0 Å². The van der Waals surface area contributed by atoms with Gasteiger partial charge in [0.25, 0.3) is 0 Å². The molecule has 6 nitrogen and oxygen atoms in total. The summed E-state index contributed by atoms with van der Waals surface area (Å²) in [6, 6.07) is 0. The van der Waals surface area contributed by atoms with Crippen molar-refractivity contribution < 1.29 is 14.7 Å². The molecule has 0 saturated carbocycles. The van der Waals surface area contributed by atoms with Crippen LogP contribution in [0, 0.1) is 25.7 Å². The van der Waals surface area contributed by atoms with Crippen molar-refractivity contribution in [1.82, 2.24) is 14.7 Å². The normalized spacial score (nSPS) is 23.4. The maximum atomic E-state index is 12.8. The Morgan fingerprint density at radius 3 is 2.45 bits per heavy atom. The number of carbonyl (C=O) groups is 2. The van der Waals surface area contributed by atoms with Gasteiger partial charge in [-0.15, -0.1) is 0 Å². The number of aliphatic carboxylic acids is 1. The minimum Gasteiger partial charge on any atom is -0.481 e. The van der Waals surface area contributed by atoms with Crippen LogP contribution in [0.4, 0.5) is 0 Å². The van der Waals surface area contributed by atoms with Crippen LogP contribution in [0.3, 0.4) is 0 Å². The van der Waals surface area contributed by atoms with Gasteiger partial charge in [0.1, 0.15) is 0 Å². The van der Waals surface area contributed by atoms with Crippen LogP contribution < -0.4 is 0 Å². The molecule has 1 N–H and O–H groups in total. The molecule has 1 aromatic heterocycles. The van der Waals surface area contributed by atoms with Crippen molar-refractivity contribution in [3.8, 4) is 0 Å². The molecule has 1 aliphatic heterocycles. The Morgan fingerprint density at radius 1 is 1.32 bits per heavy atom. The van der Waals surface area contributed by atoms with E-state index in [0.29, 0.717) is 19.5 Å². The molecule has 1 saturated heterocycles. The van der Waals surface area contributed by atoms with Gasteiger partial charge in [0.15, 0.2) is 0 Å². The van der Waals surface area contributed by atoms with E-state index in [2.05, 4.69) is 5.10 Å². The van der Waals surface area contributed by atoms with Gasteiger partial charge in [0.05, 0.1) is 17.5 Å². The van der Waals surface area contributed by atoms with Crippen molar-refractivity contribution in [2.24, 2.45) is 18.9 Å². The van der Waals surface area contributed by atoms with E-state index in [1.54, 1.807) is 9.58 Å². The maximum Gasteiger partial charge on any atom is 0.308 e. The Balaban J connectivity index is 2.21. The third kappa shape index (κ3) is 3.00. The second kappa shape index (κ2) is 6.10. The predicted octanol–water partition coefficient (Wildman–Crippen LogP) is 1.71. The van der Waals surface area contributed by atoms with Crippen LogP contribution in [0.2, 0.25) is 0 Å². The fourth-order valence-electron chi connectivity index (χ4n) is 3.52. The summed E-state index contributed by atoms with van der Waals surface area (Å²) in [5.74, 6) is -1.37. The van der Waals surface area contributed by atoms with Gasteiger partial charge in [-0.1, -0.05) is 6.92 Å². The molecule has 122 valence electrons. The second-order valence-corrected chi connectivity index (χ2v) is 6.55. The van der Waals surface area contributed by atoms with Crippen LogP contribution in [0.5, 0.6) is 0 Å². The number of hydrogen-bond donors (Lipinski definition) is 1. The number of hydrogen-bond acceptors (Lipinski definition) is 3. The average Bonchev–Trinajstić information content (AvgIpc) is 2.70. The number of nitrogens with zero attached hydrogens (tertiary/aromatic N) is 3. The fraction of sp³-hybridized carbons (Fsp3) is 0.688. The molecule has 3 unspecified atom stereocenters. The van der Waals surface area contributed by atoms with E-state index in [9.17, 15) is 14.7 Å². The first-order valence-electron chi connectivity index (χ1n) is 7.74. The van der Waals surface area contributed by atoms with E-state index < -0.39 is 11.9 Å². The van der Waals surface area contributed by atoms with Gasteiger partial charge < -0.3 is 10.0 Å². The van der Waals surface area contributed by atoms with Gasteiger partial charge in [0, 0.05) is 31.4 Å². The van der Waals surface area contributed by atoms with Gasteiger partial charge in [-0.2, -0.15) is 5.10 Å². The summed E-state index contributed by atoms with van der Waals surface area (Å²) in [5.41, 5.74) is 2.80. The first-order valence-corrected chi connectivity index (χ1v) is 7.74. The highest BCUT2D eigenvalue weighted by Crippen LogP contribution is 2.28. The van der Waals surface area contributed by atoms with Crippen molar-refractivity contribution in [2.45, 2.75) is 40.0 Å². The van der Waals surface area contributed by atoms with Crippen LogP contribution >= 0.6 is 0 Å². The third-order valence-corrected chi connectivity index (χ3v) is 4.69. The molecular weight excluding hydrogens is 282 g/mol. The lowest BCUT2D eigenvalue weighted by Crippen LogP contribution is -2.47. The molecule has 2 rings (SSSR count). The van der Waals surface area contributed by atoms with Crippen molar-refractivity contribution in [1.29, 1.82) is 0 Å². The van der Waals surface area contributed by atoms with Crippen molar-refractivity contribution in [2.75, 3.05) is 13.1 Å². The first-order chi connectivity index (χ1) is 10.2. The Kier molecular flexibility index (Phi) is 4.58. The number of carbonyl (C=O) groups excluding carboxylic acids is 1. The minimum absolute atomic E-state index is 0.00278. The molecule has 0 bridgehead atoms. The number of likely N-dealkylation sites (tertiary alicyclic amines) is 1. The van der Waals surface area contributed by atoms with Gasteiger partial charge in [0.2, 0.25) is 5.91 Å². The lowest BCUT2D eigenvalue weighted by Gasteiger charge is -2.36. The molecule has 0 aromatic carbocycles. The van der Waals surface area contributed by atoms with Crippen LogP contribution in [0.1, 0.15) is 43.1 Å². The highest BCUT2D eigenvalue weighted by molar-refractivity contribution is 5.84. The zero-order valence-corrected chi connectivity index (χ0v) is 14.0. The monoisotopic (exact) mass is 307 g/mol. The summed E-state index contributed by atoms with van der Waals surface area (Å²) in [4.78, 5) is 25.8. The summed E-state index contributed by atoms with van der Waals surface area (Å²) >= 11 is 0. The number of carboxylic acids is 1. The quantitative estimate of drug-likeness (QED) is 0.922. The average molecular weight is 307 g/mol. The molecule has 6 heteroatoms. The predicted molar refractivity (Wildman–Crippen MR) is 82.6 cm³/mol.